The van der Waals surface area contributed by atoms with Crippen LogP contribution >= 0.6 is 27.3 Å². The standard InChI is InChI=1S/C7H7BrF2N2OS/c8-7(9,10)3-12-6(13)5-4(11)1-2-14-5/h1-2H,3,11H2,(H,12,13). The lowest BCUT2D eigenvalue weighted by atomic mass is 10.4. The van der Waals surface area contributed by atoms with Gasteiger partial charge in [0.2, 0.25) is 0 Å². The zero-order chi connectivity index (χ0) is 10.8. The number of anilines is 1. The van der Waals surface area contributed by atoms with Gasteiger partial charge in [-0.1, -0.05) is 0 Å². The second-order valence-corrected chi connectivity index (χ2v) is 4.58. The lowest BCUT2D eigenvalue weighted by Gasteiger charge is -2.08. The molecule has 0 aliphatic rings. The van der Waals surface area contributed by atoms with Crippen molar-refractivity contribution in [3.63, 3.8) is 0 Å². The van der Waals surface area contributed by atoms with Gasteiger partial charge in [0.1, 0.15) is 4.88 Å². The van der Waals surface area contributed by atoms with Crippen LogP contribution in [0.3, 0.4) is 0 Å². The number of hydrogen-bond donors (Lipinski definition) is 2. The zero-order valence-corrected chi connectivity index (χ0v) is 9.29. The van der Waals surface area contributed by atoms with Crippen LogP contribution in [-0.4, -0.2) is 17.3 Å². The average molecular weight is 285 g/mol. The fourth-order valence-electron chi connectivity index (χ4n) is 0.764. The number of carbonyl (C=O) groups is 1. The Morgan fingerprint density at radius 2 is 2.36 bits per heavy atom. The van der Waals surface area contributed by atoms with Gasteiger partial charge in [-0.3, -0.25) is 4.79 Å². The van der Waals surface area contributed by atoms with Crippen LogP contribution in [0.2, 0.25) is 0 Å². The Hall–Kier alpha value is -0.690. The highest BCUT2D eigenvalue weighted by Gasteiger charge is 2.25. The molecule has 0 fully saturated rings. The summed E-state index contributed by atoms with van der Waals surface area (Å²) in [5, 5.41) is 3.68. The Morgan fingerprint density at radius 1 is 1.71 bits per heavy atom. The van der Waals surface area contributed by atoms with Crippen molar-refractivity contribution in [2.75, 3.05) is 12.3 Å². The molecule has 3 N–H and O–H groups in total. The molecule has 0 saturated carbocycles. The van der Waals surface area contributed by atoms with Gasteiger partial charge in [-0.2, -0.15) is 8.78 Å². The first-order valence-corrected chi connectivity index (χ1v) is 5.25. The van der Waals surface area contributed by atoms with Gasteiger partial charge in [0.25, 0.3) is 5.91 Å². The molecule has 14 heavy (non-hydrogen) atoms. The van der Waals surface area contributed by atoms with Crippen LogP contribution in [0.4, 0.5) is 14.5 Å². The normalized spacial score (nSPS) is 11.4. The topological polar surface area (TPSA) is 55.1 Å². The van der Waals surface area contributed by atoms with E-state index in [-0.39, 0.29) is 4.88 Å². The molecule has 0 bridgehead atoms. The molecule has 0 unspecified atom stereocenters. The minimum Gasteiger partial charge on any atom is -0.397 e. The predicted octanol–water partition coefficient (Wildman–Crippen LogP) is 2.05. The summed E-state index contributed by atoms with van der Waals surface area (Å²) in [6, 6.07) is 1.55. The van der Waals surface area contributed by atoms with Crippen LogP contribution in [-0.2, 0) is 0 Å². The molecule has 0 aromatic carbocycles. The molecule has 3 nitrogen and oxygen atoms in total. The number of thiophene rings is 1. The monoisotopic (exact) mass is 284 g/mol. The Bertz CT molecular complexity index is 337. The molecule has 0 aliphatic heterocycles. The third kappa shape index (κ3) is 3.22. The predicted molar refractivity (Wildman–Crippen MR) is 54.9 cm³/mol. The van der Waals surface area contributed by atoms with Gasteiger partial charge >= 0.3 is 4.83 Å². The van der Waals surface area contributed by atoms with Crippen molar-refractivity contribution in [2.24, 2.45) is 0 Å². The second-order valence-electron chi connectivity index (χ2n) is 2.50. The van der Waals surface area contributed by atoms with E-state index >= 15 is 0 Å². The molecular weight excluding hydrogens is 278 g/mol. The van der Waals surface area contributed by atoms with E-state index in [2.05, 4.69) is 21.2 Å². The smallest absolute Gasteiger partial charge is 0.318 e. The van der Waals surface area contributed by atoms with E-state index in [9.17, 15) is 13.6 Å². The molecule has 1 aromatic heterocycles. The first kappa shape index (κ1) is 11.4. The molecule has 78 valence electrons. The first-order chi connectivity index (χ1) is 6.40. The SMILES string of the molecule is Nc1ccsc1C(=O)NCC(F)(F)Br. The van der Waals surface area contributed by atoms with E-state index in [1.165, 1.54) is 0 Å². The average Bonchev–Trinajstić information content (AvgIpc) is 2.46. The molecular formula is C7H7BrF2N2OS. The highest BCUT2D eigenvalue weighted by Crippen LogP contribution is 2.21. The summed E-state index contributed by atoms with van der Waals surface area (Å²) in [6.45, 7) is -0.761. The Morgan fingerprint density at radius 3 is 2.79 bits per heavy atom. The van der Waals surface area contributed by atoms with Crippen LogP contribution in [0.15, 0.2) is 11.4 Å². The van der Waals surface area contributed by atoms with E-state index in [1.807, 2.05) is 0 Å². The molecule has 0 atom stereocenters. The van der Waals surface area contributed by atoms with Gasteiger partial charge in [0.05, 0.1) is 12.2 Å². The molecule has 0 radical (unpaired) electrons. The maximum atomic E-state index is 12.3. The van der Waals surface area contributed by atoms with Gasteiger partial charge in [-0.25, -0.2) is 0 Å². The fourth-order valence-corrected chi connectivity index (χ4v) is 1.64. The summed E-state index contributed by atoms with van der Waals surface area (Å²) in [4.78, 5) is 8.40. The van der Waals surface area contributed by atoms with Crippen molar-refractivity contribution in [1.29, 1.82) is 0 Å². The summed E-state index contributed by atoms with van der Waals surface area (Å²) in [6.07, 6.45) is 0. The molecule has 1 rings (SSSR count). The Labute approximate surface area is 91.4 Å². The number of nitrogens with one attached hydrogen (secondary N) is 1. The largest absolute Gasteiger partial charge is 0.397 e. The number of rotatable bonds is 3. The summed E-state index contributed by atoms with van der Waals surface area (Å²) >= 11 is 3.22. The number of nitrogen functional groups attached to an aromatic ring is 1. The van der Waals surface area contributed by atoms with Crippen molar-refractivity contribution < 1.29 is 13.6 Å². The van der Waals surface area contributed by atoms with E-state index in [4.69, 9.17) is 5.73 Å². The minimum atomic E-state index is -3.09. The summed E-state index contributed by atoms with van der Waals surface area (Å²) in [5.74, 6) is -0.586. The van der Waals surface area contributed by atoms with Crippen LogP contribution in [0, 0.1) is 0 Å². The molecule has 7 heteroatoms. The molecule has 1 heterocycles. The zero-order valence-electron chi connectivity index (χ0n) is 6.89. The van der Waals surface area contributed by atoms with Crippen LogP contribution in [0.1, 0.15) is 9.67 Å². The quantitative estimate of drug-likeness (QED) is 0.835. The summed E-state index contributed by atoms with van der Waals surface area (Å²) < 4.78 is 24.6. The molecule has 0 spiro atoms. The number of alkyl halides is 3. The van der Waals surface area contributed by atoms with E-state index in [0.29, 0.717) is 5.69 Å². The number of amides is 1. The van der Waals surface area contributed by atoms with Crippen molar-refractivity contribution in [2.45, 2.75) is 4.83 Å². The highest BCUT2D eigenvalue weighted by atomic mass is 79.9. The van der Waals surface area contributed by atoms with Crippen molar-refractivity contribution in [3.8, 4) is 0 Å². The number of nitrogens with two attached hydrogens (primary N) is 1. The summed E-state index contributed by atoms with van der Waals surface area (Å²) in [7, 11) is 0. The summed E-state index contributed by atoms with van der Waals surface area (Å²) in [5.41, 5.74) is 5.73. The maximum absolute atomic E-state index is 12.3. The fraction of sp³-hybridized carbons (Fsp3) is 0.286. The van der Waals surface area contributed by atoms with Crippen molar-refractivity contribution in [1.82, 2.24) is 5.32 Å². The molecule has 0 aliphatic carbocycles. The van der Waals surface area contributed by atoms with Gasteiger partial charge in [-0.05, 0) is 27.4 Å². The van der Waals surface area contributed by atoms with E-state index < -0.39 is 17.3 Å². The van der Waals surface area contributed by atoms with Crippen LogP contribution < -0.4 is 11.1 Å². The first-order valence-electron chi connectivity index (χ1n) is 3.58. The van der Waals surface area contributed by atoms with Gasteiger partial charge in [-0.15, -0.1) is 11.3 Å². The second kappa shape index (κ2) is 4.22. The molecule has 1 aromatic rings. The van der Waals surface area contributed by atoms with Gasteiger partial charge in [0.15, 0.2) is 0 Å². The lowest BCUT2D eigenvalue weighted by molar-refractivity contribution is 0.0839. The number of hydrogen-bond acceptors (Lipinski definition) is 3. The van der Waals surface area contributed by atoms with Crippen LogP contribution in [0.5, 0.6) is 0 Å². The molecule has 0 saturated heterocycles. The number of carbonyl (C=O) groups excluding carboxylic acids is 1. The third-order valence-electron chi connectivity index (χ3n) is 1.35. The maximum Gasteiger partial charge on any atom is 0.318 e. The van der Waals surface area contributed by atoms with E-state index in [0.717, 1.165) is 11.3 Å². The molecule has 1 amide bonds. The Kier molecular flexibility index (Phi) is 3.43. The highest BCUT2D eigenvalue weighted by molar-refractivity contribution is 9.10. The van der Waals surface area contributed by atoms with Crippen molar-refractivity contribution >= 4 is 38.9 Å². The lowest BCUT2D eigenvalue weighted by Crippen LogP contribution is -2.32. The van der Waals surface area contributed by atoms with Gasteiger partial charge in [0, 0.05) is 0 Å². The van der Waals surface area contributed by atoms with E-state index in [1.54, 1.807) is 11.4 Å². The van der Waals surface area contributed by atoms with Crippen LogP contribution in [0.25, 0.3) is 0 Å². The van der Waals surface area contributed by atoms with Crippen molar-refractivity contribution in [3.05, 3.63) is 16.3 Å². The Balaban J connectivity index is 2.56. The third-order valence-corrected chi connectivity index (χ3v) is 2.56. The number of halogens is 3. The van der Waals surface area contributed by atoms with Gasteiger partial charge < -0.3 is 11.1 Å². The minimum absolute atomic E-state index is 0.252.